The summed E-state index contributed by atoms with van der Waals surface area (Å²) in [4.78, 5) is 23.1. The average Bonchev–Trinajstić information content (AvgIpc) is 3.27. The molecule has 3 aliphatic rings. The zero-order chi connectivity index (χ0) is 30.3. The van der Waals surface area contributed by atoms with Gasteiger partial charge in [0.05, 0.1) is 29.1 Å². The fraction of sp³-hybridized carbons (Fsp3) is 0.429. The molecule has 43 heavy (non-hydrogen) atoms. The van der Waals surface area contributed by atoms with E-state index in [0.717, 1.165) is 51.9 Å². The number of likely N-dealkylation sites (tertiary alicyclic amines) is 1. The number of aromatic amines is 1. The van der Waals surface area contributed by atoms with Crippen molar-refractivity contribution in [3.63, 3.8) is 0 Å². The molecule has 2 aliphatic heterocycles. The Morgan fingerprint density at radius 2 is 1.53 bits per heavy atom. The molecule has 2 saturated heterocycles. The molecular weight excluding hydrogens is 537 g/mol. The van der Waals surface area contributed by atoms with Crippen molar-refractivity contribution in [1.82, 2.24) is 14.9 Å². The molecule has 0 bridgehead atoms. The highest BCUT2D eigenvalue weighted by Gasteiger charge is 2.56. The second-order valence-corrected chi connectivity index (χ2v) is 14.4. The first-order valence-corrected chi connectivity index (χ1v) is 15.3. The number of benzene rings is 3. The summed E-state index contributed by atoms with van der Waals surface area (Å²) in [5, 5.41) is 2.33. The molecule has 3 aromatic carbocycles. The number of carbonyl (C=O) groups is 1. The topological polar surface area (TPSA) is 76.7 Å². The fourth-order valence-electron chi connectivity index (χ4n) is 6.34. The SMILES string of the molecule is CC(C)(C)OC(=O)N1C(c2ncc(-c3ccc(-c4ccc5cc(B6OC(C)(C)C(C)(C)O6)ccc5c4)cc3)[nH]2)CC2CC21. The molecule has 0 radical (unpaired) electrons. The summed E-state index contributed by atoms with van der Waals surface area (Å²) < 4.78 is 18.2. The van der Waals surface area contributed by atoms with Gasteiger partial charge in [0, 0.05) is 6.04 Å². The highest BCUT2D eigenvalue weighted by Crippen LogP contribution is 2.53. The van der Waals surface area contributed by atoms with Crippen LogP contribution in [-0.4, -0.2) is 50.9 Å². The van der Waals surface area contributed by atoms with E-state index < -0.39 is 5.60 Å². The van der Waals surface area contributed by atoms with Crippen LogP contribution in [0.5, 0.6) is 0 Å². The molecule has 0 spiro atoms. The van der Waals surface area contributed by atoms with Crippen molar-refractivity contribution in [3.05, 3.63) is 72.7 Å². The summed E-state index contributed by atoms with van der Waals surface area (Å²) in [6.07, 6.45) is 3.61. The lowest BCUT2D eigenvalue weighted by Gasteiger charge is -2.32. The molecule has 7 rings (SSSR count). The number of hydrogen-bond acceptors (Lipinski definition) is 5. The highest BCUT2D eigenvalue weighted by molar-refractivity contribution is 6.62. The molecule has 7 nitrogen and oxygen atoms in total. The number of nitrogens with one attached hydrogen (secondary N) is 1. The molecule has 1 saturated carbocycles. The molecule has 1 amide bonds. The average molecular weight is 578 g/mol. The van der Waals surface area contributed by atoms with E-state index in [-0.39, 0.29) is 36.5 Å². The van der Waals surface area contributed by atoms with E-state index in [1.165, 1.54) is 5.39 Å². The van der Waals surface area contributed by atoms with Crippen LogP contribution in [-0.2, 0) is 14.0 Å². The van der Waals surface area contributed by atoms with Gasteiger partial charge in [0.1, 0.15) is 11.4 Å². The van der Waals surface area contributed by atoms with Crippen molar-refractivity contribution in [2.75, 3.05) is 0 Å². The fourth-order valence-corrected chi connectivity index (χ4v) is 6.34. The maximum atomic E-state index is 13.0. The second kappa shape index (κ2) is 9.70. The van der Waals surface area contributed by atoms with Crippen LogP contribution < -0.4 is 5.46 Å². The Bertz CT molecular complexity index is 1690. The second-order valence-electron chi connectivity index (χ2n) is 14.4. The number of rotatable bonds is 4. The number of fused-ring (bicyclic) bond motifs is 2. The predicted molar refractivity (Wildman–Crippen MR) is 170 cm³/mol. The van der Waals surface area contributed by atoms with Gasteiger partial charge in [-0.05, 0) is 106 Å². The molecule has 1 aliphatic carbocycles. The van der Waals surface area contributed by atoms with Crippen LogP contribution in [0.1, 0.15) is 73.2 Å². The van der Waals surface area contributed by atoms with Gasteiger partial charge in [-0.2, -0.15) is 0 Å². The van der Waals surface area contributed by atoms with Crippen LogP contribution in [0, 0.1) is 5.92 Å². The number of nitrogens with zero attached hydrogens (tertiary/aromatic N) is 2. The molecule has 3 unspecified atom stereocenters. The Morgan fingerprint density at radius 1 is 0.907 bits per heavy atom. The van der Waals surface area contributed by atoms with Crippen molar-refractivity contribution >= 4 is 29.4 Å². The van der Waals surface area contributed by atoms with Gasteiger partial charge in [-0.15, -0.1) is 0 Å². The van der Waals surface area contributed by atoms with Crippen molar-refractivity contribution in [3.8, 4) is 22.4 Å². The summed E-state index contributed by atoms with van der Waals surface area (Å²) in [5.74, 6) is 1.37. The van der Waals surface area contributed by atoms with Crippen LogP contribution in [0.15, 0.2) is 66.9 Å². The van der Waals surface area contributed by atoms with Crippen molar-refractivity contribution in [2.24, 2.45) is 5.92 Å². The van der Waals surface area contributed by atoms with Crippen LogP contribution in [0.2, 0.25) is 0 Å². The minimum absolute atomic E-state index is 0.0745. The predicted octanol–water partition coefficient (Wildman–Crippen LogP) is 7.27. The molecule has 1 aromatic heterocycles. The minimum Gasteiger partial charge on any atom is -0.444 e. The maximum absolute atomic E-state index is 13.0. The largest absolute Gasteiger partial charge is 0.494 e. The van der Waals surface area contributed by atoms with E-state index in [1.54, 1.807) is 0 Å². The lowest BCUT2D eigenvalue weighted by molar-refractivity contribution is 0.00578. The van der Waals surface area contributed by atoms with Gasteiger partial charge in [0.2, 0.25) is 0 Å². The summed E-state index contributed by atoms with van der Waals surface area (Å²) >= 11 is 0. The van der Waals surface area contributed by atoms with Crippen molar-refractivity contribution < 1.29 is 18.8 Å². The number of piperidine rings is 1. The first-order chi connectivity index (χ1) is 20.3. The number of carbonyl (C=O) groups excluding carboxylic acids is 1. The van der Waals surface area contributed by atoms with E-state index in [1.807, 2.05) is 31.9 Å². The first kappa shape index (κ1) is 28.2. The van der Waals surface area contributed by atoms with Gasteiger partial charge in [-0.1, -0.05) is 54.6 Å². The van der Waals surface area contributed by atoms with Crippen LogP contribution >= 0.6 is 0 Å². The van der Waals surface area contributed by atoms with Crippen molar-refractivity contribution in [1.29, 1.82) is 0 Å². The van der Waals surface area contributed by atoms with Gasteiger partial charge in [0.25, 0.3) is 0 Å². The zero-order valence-corrected chi connectivity index (χ0v) is 26.1. The van der Waals surface area contributed by atoms with Crippen LogP contribution in [0.3, 0.4) is 0 Å². The summed E-state index contributed by atoms with van der Waals surface area (Å²) in [5.41, 5.74) is 4.09. The third-order valence-corrected chi connectivity index (χ3v) is 9.54. The van der Waals surface area contributed by atoms with Gasteiger partial charge in [-0.3, -0.25) is 4.90 Å². The number of hydrogen-bond donors (Lipinski definition) is 1. The third kappa shape index (κ3) is 5.14. The normalized spacial score (nSPS) is 23.9. The first-order valence-electron chi connectivity index (χ1n) is 15.3. The maximum Gasteiger partial charge on any atom is 0.494 e. The number of H-pyrrole nitrogens is 1. The standard InChI is InChI=1S/C35H40BN3O4/c1-33(2,3)41-32(40)39-29-18-26(29)19-30(39)31-37-20-28(38-31)22-10-8-21(9-11-22)23-12-13-25-17-27(15-14-24(25)16-23)36-42-34(4,5)35(6,7)43-36/h8-17,20,26,29-30H,18-19H2,1-7H3,(H,37,38). The Kier molecular flexibility index (Phi) is 6.35. The number of aromatic nitrogens is 2. The molecule has 3 heterocycles. The number of imidazole rings is 1. The van der Waals surface area contributed by atoms with E-state index >= 15 is 0 Å². The lowest BCUT2D eigenvalue weighted by atomic mass is 9.78. The summed E-state index contributed by atoms with van der Waals surface area (Å²) in [6.45, 7) is 14.0. The van der Waals surface area contributed by atoms with E-state index in [0.29, 0.717) is 5.92 Å². The molecular formula is C35H40BN3O4. The Balaban J connectivity index is 1.07. The number of amides is 1. The summed E-state index contributed by atoms with van der Waals surface area (Å²) in [6, 6.07) is 21.7. The van der Waals surface area contributed by atoms with Gasteiger partial charge < -0.3 is 19.0 Å². The molecule has 222 valence electrons. The monoisotopic (exact) mass is 577 g/mol. The molecule has 1 N–H and O–H groups in total. The number of ether oxygens (including phenoxy) is 1. The third-order valence-electron chi connectivity index (χ3n) is 9.54. The lowest BCUT2D eigenvalue weighted by Crippen LogP contribution is -2.41. The highest BCUT2D eigenvalue weighted by atomic mass is 16.7. The molecule has 3 fully saturated rings. The molecule has 3 atom stereocenters. The van der Waals surface area contributed by atoms with Gasteiger partial charge >= 0.3 is 13.2 Å². The van der Waals surface area contributed by atoms with E-state index in [2.05, 4.69) is 93.3 Å². The van der Waals surface area contributed by atoms with Crippen molar-refractivity contribution in [2.45, 2.75) is 90.2 Å². The quantitative estimate of drug-likeness (QED) is 0.258. The van der Waals surface area contributed by atoms with Gasteiger partial charge in [0.15, 0.2) is 0 Å². The Hall–Kier alpha value is -3.62. The summed E-state index contributed by atoms with van der Waals surface area (Å²) in [7, 11) is -0.371. The van der Waals surface area contributed by atoms with Crippen LogP contribution in [0.25, 0.3) is 33.2 Å². The Labute approximate surface area is 254 Å². The molecule has 8 heteroatoms. The molecule has 4 aromatic rings. The van der Waals surface area contributed by atoms with Crippen LogP contribution in [0.4, 0.5) is 4.79 Å². The smallest absolute Gasteiger partial charge is 0.444 e. The Morgan fingerprint density at radius 3 is 2.23 bits per heavy atom. The van der Waals surface area contributed by atoms with E-state index in [4.69, 9.17) is 19.0 Å². The van der Waals surface area contributed by atoms with E-state index in [9.17, 15) is 4.79 Å². The van der Waals surface area contributed by atoms with Gasteiger partial charge in [-0.25, -0.2) is 9.78 Å². The minimum atomic E-state index is -0.521. The zero-order valence-electron chi connectivity index (χ0n) is 26.1.